The minimum absolute atomic E-state index is 0.251. The van der Waals surface area contributed by atoms with Crippen LogP contribution in [0.1, 0.15) is 11.3 Å². The van der Waals surface area contributed by atoms with Crippen LogP contribution in [-0.4, -0.2) is 9.97 Å². The van der Waals surface area contributed by atoms with Gasteiger partial charge in [0.2, 0.25) is 0 Å². The van der Waals surface area contributed by atoms with E-state index in [1.807, 2.05) is 13.0 Å². The average Bonchev–Trinajstić information content (AvgIpc) is 2.22. The number of hydrogen-bond acceptors (Lipinski definition) is 2. The number of nitrogens with two attached hydrogens (primary N) is 1. The molecule has 1 heterocycles. The number of hydrogen-bond donors (Lipinski definition) is 1. The Balaban J connectivity index is 2.92. The van der Waals surface area contributed by atoms with E-state index in [2.05, 4.69) is 4.98 Å². The molecule has 0 aliphatic carbocycles. The third kappa shape index (κ3) is 1.86. The number of rotatable bonds is 1. The molecule has 2 nitrogen and oxygen atoms in total. The molecule has 1 aromatic carbocycles. The first-order chi connectivity index (χ1) is 7.50. The largest absolute Gasteiger partial charge is 0.388 e. The van der Waals surface area contributed by atoms with Crippen molar-refractivity contribution in [2.45, 2.75) is 6.92 Å². The van der Waals surface area contributed by atoms with Gasteiger partial charge in [0.15, 0.2) is 0 Å². The third-order valence-corrected chi connectivity index (χ3v) is 3.14. The van der Waals surface area contributed by atoms with Gasteiger partial charge in [0, 0.05) is 5.39 Å². The zero-order valence-corrected chi connectivity index (χ0v) is 10.7. The predicted octanol–water partition coefficient (Wildman–Crippen LogP) is 3.48. The van der Waals surface area contributed by atoms with Gasteiger partial charge in [0.25, 0.3) is 0 Å². The van der Waals surface area contributed by atoms with E-state index in [1.54, 1.807) is 12.1 Å². The number of thiocarbonyl (C=S) groups is 1. The summed E-state index contributed by atoms with van der Waals surface area (Å²) in [6, 6.07) is 5.27. The molecular formula is C11H8Cl2N2S. The van der Waals surface area contributed by atoms with Gasteiger partial charge in [-0.1, -0.05) is 35.4 Å². The molecule has 0 aliphatic rings. The molecule has 0 radical (unpaired) electrons. The molecule has 0 bridgehead atoms. The van der Waals surface area contributed by atoms with Crippen LogP contribution in [0.3, 0.4) is 0 Å². The van der Waals surface area contributed by atoms with Gasteiger partial charge >= 0.3 is 0 Å². The second-order valence-corrected chi connectivity index (χ2v) is 4.70. The molecule has 0 amide bonds. The quantitative estimate of drug-likeness (QED) is 0.807. The maximum Gasteiger partial charge on any atom is 0.122 e. The Kier molecular flexibility index (Phi) is 3.02. The van der Waals surface area contributed by atoms with E-state index < -0.39 is 0 Å². The van der Waals surface area contributed by atoms with Gasteiger partial charge in [-0.3, -0.25) is 0 Å². The Morgan fingerprint density at radius 2 is 1.94 bits per heavy atom. The van der Waals surface area contributed by atoms with Crippen molar-refractivity contribution in [3.05, 3.63) is 39.5 Å². The van der Waals surface area contributed by atoms with Crippen LogP contribution in [0.5, 0.6) is 0 Å². The molecule has 0 saturated carbocycles. The lowest BCUT2D eigenvalue weighted by Gasteiger charge is -2.08. The highest BCUT2D eigenvalue weighted by atomic mass is 35.5. The molecule has 1 aromatic heterocycles. The van der Waals surface area contributed by atoms with E-state index >= 15 is 0 Å². The monoisotopic (exact) mass is 270 g/mol. The molecule has 0 saturated heterocycles. The first-order valence-electron chi connectivity index (χ1n) is 4.56. The first-order valence-corrected chi connectivity index (χ1v) is 5.72. The highest BCUT2D eigenvalue weighted by Gasteiger charge is 2.10. The van der Waals surface area contributed by atoms with Gasteiger partial charge in [0.1, 0.15) is 4.99 Å². The van der Waals surface area contributed by atoms with E-state index in [0.29, 0.717) is 21.3 Å². The van der Waals surface area contributed by atoms with Crippen molar-refractivity contribution in [2.24, 2.45) is 5.73 Å². The van der Waals surface area contributed by atoms with Crippen molar-refractivity contribution in [1.82, 2.24) is 4.98 Å². The molecular weight excluding hydrogens is 263 g/mol. The SMILES string of the molecule is Cc1cc(C(N)=S)nc2c(Cl)ccc(Cl)c12. The van der Waals surface area contributed by atoms with E-state index in [4.69, 9.17) is 41.2 Å². The summed E-state index contributed by atoms with van der Waals surface area (Å²) in [5, 5.41) is 2.01. The lowest BCUT2D eigenvalue weighted by molar-refractivity contribution is 1.33. The summed E-state index contributed by atoms with van der Waals surface area (Å²) in [5.41, 5.74) is 7.71. The minimum Gasteiger partial charge on any atom is -0.388 e. The van der Waals surface area contributed by atoms with E-state index in [-0.39, 0.29) is 4.99 Å². The summed E-state index contributed by atoms with van der Waals surface area (Å²) in [6.45, 7) is 1.92. The molecule has 2 aromatic rings. The zero-order chi connectivity index (χ0) is 11.9. The lowest BCUT2D eigenvalue weighted by Crippen LogP contribution is -2.12. The van der Waals surface area contributed by atoms with E-state index in [9.17, 15) is 0 Å². The molecule has 82 valence electrons. The van der Waals surface area contributed by atoms with Crippen LogP contribution >= 0.6 is 35.4 Å². The summed E-state index contributed by atoms with van der Waals surface area (Å²) < 4.78 is 0. The van der Waals surface area contributed by atoms with Crippen molar-refractivity contribution < 1.29 is 0 Å². The lowest BCUT2D eigenvalue weighted by atomic mass is 10.1. The van der Waals surface area contributed by atoms with Crippen molar-refractivity contribution in [3.8, 4) is 0 Å². The van der Waals surface area contributed by atoms with Gasteiger partial charge < -0.3 is 5.73 Å². The Bertz CT molecular complexity index is 596. The molecule has 0 spiro atoms. The summed E-state index contributed by atoms with van der Waals surface area (Å²) in [7, 11) is 0. The molecule has 0 atom stereocenters. The van der Waals surface area contributed by atoms with Crippen LogP contribution in [0.2, 0.25) is 10.0 Å². The second-order valence-electron chi connectivity index (χ2n) is 3.44. The summed E-state index contributed by atoms with van der Waals surface area (Å²) >= 11 is 17.1. The van der Waals surface area contributed by atoms with Gasteiger partial charge in [-0.05, 0) is 30.7 Å². The standard InChI is InChI=1S/C11H8Cl2N2S/c1-5-4-8(11(14)16)15-10-7(13)3-2-6(12)9(5)10/h2-4H,1H3,(H2,14,16). The van der Waals surface area contributed by atoms with E-state index in [1.165, 1.54) is 0 Å². The average molecular weight is 271 g/mol. The van der Waals surface area contributed by atoms with Crippen molar-refractivity contribution in [1.29, 1.82) is 0 Å². The van der Waals surface area contributed by atoms with Crippen LogP contribution < -0.4 is 5.73 Å². The topological polar surface area (TPSA) is 38.9 Å². The minimum atomic E-state index is 0.251. The number of aryl methyl sites for hydroxylation is 1. The highest BCUT2D eigenvalue weighted by Crippen LogP contribution is 2.31. The van der Waals surface area contributed by atoms with Crippen molar-refractivity contribution >= 4 is 51.3 Å². The van der Waals surface area contributed by atoms with Crippen LogP contribution in [0, 0.1) is 6.92 Å². The number of nitrogens with zero attached hydrogens (tertiary/aromatic N) is 1. The molecule has 0 aliphatic heterocycles. The summed E-state index contributed by atoms with van der Waals surface area (Å²) in [4.78, 5) is 4.56. The number of pyridine rings is 1. The number of halogens is 2. The highest BCUT2D eigenvalue weighted by molar-refractivity contribution is 7.80. The third-order valence-electron chi connectivity index (χ3n) is 2.31. The molecule has 5 heteroatoms. The fourth-order valence-corrected chi connectivity index (χ4v) is 2.19. The fraction of sp³-hybridized carbons (Fsp3) is 0.0909. The zero-order valence-electron chi connectivity index (χ0n) is 8.42. The normalized spacial score (nSPS) is 10.7. The van der Waals surface area contributed by atoms with Crippen molar-refractivity contribution in [2.75, 3.05) is 0 Å². The Labute approximate surface area is 108 Å². The van der Waals surface area contributed by atoms with Crippen molar-refractivity contribution in [3.63, 3.8) is 0 Å². The molecule has 0 unspecified atom stereocenters. The Morgan fingerprint density at radius 3 is 2.56 bits per heavy atom. The molecule has 0 fully saturated rings. The summed E-state index contributed by atoms with van der Waals surface area (Å²) in [5.74, 6) is 0. The Hall–Kier alpha value is -0.900. The van der Waals surface area contributed by atoms with Gasteiger partial charge in [-0.15, -0.1) is 0 Å². The van der Waals surface area contributed by atoms with Gasteiger partial charge in [0.05, 0.1) is 21.3 Å². The maximum atomic E-state index is 6.10. The van der Waals surface area contributed by atoms with Crippen LogP contribution in [0.25, 0.3) is 10.9 Å². The summed E-state index contributed by atoms with van der Waals surface area (Å²) in [6.07, 6.45) is 0. The second kappa shape index (κ2) is 4.17. The number of benzene rings is 1. The molecule has 16 heavy (non-hydrogen) atoms. The van der Waals surface area contributed by atoms with Crippen LogP contribution in [0.15, 0.2) is 18.2 Å². The Morgan fingerprint density at radius 1 is 1.31 bits per heavy atom. The van der Waals surface area contributed by atoms with Gasteiger partial charge in [-0.2, -0.15) is 0 Å². The number of fused-ring (bicyclic) bond motifs is 1. The molecule has 2 N–H and O–H groups in total. The van der Waals surface area contributed by atoms with Gasteiger partial charge in [-0.25, -0.2) is 4.98 Å². The number of aromatic nitrogens is 1. The van der Waals surface area contributed by atoms with E-state index in [0.717, 1.165) is 10.9 Å². The maximum absolute atomic E-state index is 6.10. The van der Waals surface area contributed by atoms with Crippen LogP contribution in [-0.2, 0) is 0 Å². The molecule has 2 rings (SSSR count). The fourth-order valence-electron chi connectivity index (χ4n) is 1.58. The first kappa shape index (κ1) is 11.6. The predicted molar refractivity (Wildman–Crippen MR) is 72.4 cm³/mol. The smallest absolute Gasteiger partial charge is 0.122 e. The van der Waals surface area contributed by atoms with Crippen LogP contribution in [0.4, 0.5) is 0 Å².